The second kappa shape index (κ2) is 27.3. The lowest BCUT2D eigenvalue weighted by Gasteiger charge is -2.16. The average Bonchev–Trinajstić information content (AvgIpc) is 1.55. The summed E-state index contributed by atoms with van der Waals surface area (Å²) in [6.45, 7) is 27.6. The summed E-state index contributed by atoms with van der Waals surface area (Å²) >= 11 is 0. The Morgan fingerprint density at radius 3 is 1.75 bits per heavy atom. The van der Waals surface area contributed by atoms with E-state index in [2.05, 4.69) is 102 Å². The van der Waals surface area contributed by atoms with Crippen molar-refractivity contribution in [2.75, 3.05) is 7.11 Å². The van der Waals surface area contributed by atoms with Crippen molar-refractivity contribution in [2.45, 2.75) is 228 Å². The highest BCUT2D eigenvalue weighted by molar-refractivity contribution is 6.04. The van der Waals surface area contributed by atoms with Crippen LogP contribution in [-0.2, 0) is 47.3 Å². The summed E-state index contributed by atoms with van der Waals surface area (Å²) in [6, 6.07) is 24.7. The van der Waals surface area contributed by atoms with Gasteiger partial charge in [0.1, 0.15) is 40.6 Å². The number of halogens is 8. The molecule has 2 fully saturated rings. The molecule has 5 aliphatic carbocycles. The van der Waals surface area contributed by atoms with Gasteiger partial charge in [-0.3, -0.25) is 33.0 Å². The molecule has 14 rings (SSSR count). The summed E-state index contributed by atoms with van der Waals surface area (Å²) in [4.78, 5) is 24.6. The molecule has 1 amide bonds. The molecule has 0 spiro atoms. The van der Waals surface area contributed by atoms with Crippen molar-refractivity contribution in [1.29, 1.82) is 5.26 Å². The van der Waals surface area contributed by atoms with E-state index in [-0.39, 0.29) is 89.0 Å². The van der Waals surface area contributed by atoms with Crippen molar-refractivity contribution >= 4 is 33.4 Å². The number of fused-ring (bicyclic) bond motifs is 10. The van der Waals surface area contributed by atoms with Gasteiger partial charge in [-0.2, -0.15) is 48.3 Å². The van der Waals surface area contributed by atoms with Crippen LogP contribution in [0.3, 0.4) is 0 Å². The van der Waals surface area contributed by atoms with Gasteiger partial charge in [0.05, 0.1) is 30.0 Å². The average molecular weight is 1300 g/mol. The monoisotopic (exact) mass is 1290 g/mol. The molecule has 0 N–H and O–H groups in total. The number of carbonyl (C=O) groups is 2. The molecule has 0 radical (unpaired) electrons. The van der Waals surface area contributed by atoms with Crippen LogP contribution in [-0.4, -0.2) is 72.6 Å². The highest BCUT2D eigenvalue weighted by Crippen LogP contribution is 2.65. The Balaban J connectivity index is 0.000000132. The van der Waals surface area contributed by atoms with E-state index < -0.39 is 24.7 Å². The zero-order valence-corrected chi connectivity index (χ0v) is 55.9. The van der Waals surface area contributed by atoms with Crippen LogP contribution in [0, 0.1) is 23.2 Å². The molecule has 0 saturated heterocycles. The number of hydrogen-bond donors (Lipinski definition) is 0. The van der Waals surface area contributed by atoms with Gasteiger partial charge in [-0.05, 0) is 147 Å². The molecule has 5 atom stereocenters. The lowest BCUT2D eigenvalue weighted by molar-refractivity contribution is -0.129. The largest absolute Gasteiger partial charge is 0.375 e. The Morgan fingerprint density at radius 1 is 0.613 bits per heavy atom. The van der Waals surface area contributed by atoms with Crippen LogP contribution < -0.4 is 0 Å². The first-order valence-corrected chi connectivity index (χ1v) is 32.2. The number of benzene rings is 3. The van der Waals surface area contributed by atoms with Crippen molar-refractivity contribution in [3.8, 4) is 6.07 Å². The fourth-order valence-electron chi connectivity index (χ4n) is 13.5. The zero-order chi connectivity index (χ0) is 68.2. The smallest absolute Gasteiger partial charge is 0.289 e. The number of rotatable bonds is 11. The first kappa shape index (κ1) is 69.6. The quantitative estimate of drug-likeness (QED) is 0.115. The summed E-state index contributed by atoms with van der Waals surface area (Å²) in [7, 11) is 1.65. The van der Waals surface area contributed by atoms with Gasteiger partial charge in [0.25, 0.3) is 24.7 Å². The number of Topliss-reactive ketones (excluding diaryl/α,β-unsaturated/α-hetero) is 1. The minimum absolute atomic E-state index is 0.00163. The number of alkyl halides is 8. The van der Waals surface area contributed by atoms with E-state index >= 15 is 0 Å². The number of amides is 1. The third-order valence-corrected chi connectivity index (χ3v) is 17.9. The van der Waals surface area contributed by atoms with Gasteiger partial charge in [0.15, 0.2) is 11.5 Å². The van der Waals surface area contributed by atoms with Crippen LogP contribution in [0.5, 0.6) is 0 Å². The molecule has 93 heavy (non-hydrogen) atoms. The maximum atomic E-state index is 13.5. The van der Waals surface area contributed by atoms with Crippen molar-refractivity contribution in [2.24, 2.45) is 11.8 Å². The van der Waals surface area contributed by atoms with E-state index in [1.165, 1.54) is 45.6 Å². The predicted octanol–water partition coefficient (Wildman–Crippen LogP) is 17.9. The molecule has 1 aliphatic heterocycles. The Kier molecular flexibility index (Phi) is 20.4. The molecule has 5 unspecified atom stereocenters. The lowest BCUT2D eigenvalue weighted by atomic mass is 9.96. The highest BCUT2D eigenvalue weighted by atomic mass is 19.3. The van der Waals surface area contributed by atoms with Gasteiger partial charge in [0.2, 0.25) is 5.91 Å². The van der Waals surface area contributed by atoms with Gasteiger partial charge in [-0.25, -0.2) is 17.6 Å². The fourth-order valence-corrected chi connectivity index (χ4v) is 13.5. The summed E-state index contributed by atoms with van der Waals surface area (Å²) in [5.74, 6) is -4.78. The summed E-state index contributed by atoms with van der Waals surface area (Å²) in [6.07, 6.45) is -0.0877. The zero-order valence-electron chi connectivity index (χ0n) is 55.9. The van der Waals surface area contributed by atoms with Gasteiger partial charge in [0, 0.05) is 97.3 Å². The molecule has 8 aromatic rings. The Hall–Kier alpha value is -7.74. The molecule has 3 aromatic carbocycles. The number of ether oxygens (including phenoxy) is 1. The number of aromatic nitrogens is 10. The normalized spacial score (nSPS) is 18.8. The van der Waals surface area contributed by atoms with Gasteiger partial charge < -0.3 is 9.64 Å². The van der Waals surface area contributed by atoms with E-state index in [0.29, 0.717) is 52.3 Å². The molecule has 0 bridgehead atoms. The minimum atomic E-state index is -2.98. The molecule has 6 aliphatic rings. The highest BCUT2D eigenvalue weighted by Gasteiger charge is 2.58. The minimum Gasteiger partial charge on any atom is -0.375 e. The molecule has 2 saturated carbocycles. The maximum absolute atomic E-state index is 13.5. The molecule has 5 aromatic heterocycles. The maximum Gasteiger partial charge on any atom is 0.289 e. The molecular weight excluding hydrogens is 1210 g/mol. The van der Waals surface area contributed by atoms with Crippen molar-refractivity contribution < 1.29 is 49.4 Å². The van der Waals surface area contributed by atoms with Crippen LogP contribution in [0.4, 0.5) is 35.1 Å². The van der Waals surface area contributed by atoms with Crippen molar-refractivity contribution in [3.63, 3.8) is 0 Å². The number of para-hydroxylation sites is 1. The summed E-state index contributed by atoms with van der Waals surface area (Å²) in [5, 5.41) is 32.6. The first-order valence-electron chi connectivity index (χ1n) is 32.2. The predicted molar refractivity (Wildman–Crippen MR) is 340 cm³/mol. The third kappa shape index (κ3) is 13.9. The summed E-state index contributed by atoms with van der Waals surface area (Å²) < 4.78 is 120. The number of carbonyl (C=O) groups excluding carboxylic acids is 2. The van der Waals surface area contributed by atoms with Crippen molar-refractivity contribution in [1.82, 2.24) is 53.8 Å². The molecule has 15 nitrogen and oxygen atoms in total. The van der Waals surface area contributed by atoms with Gasteiger partial charge in [-0.15, -0.1) is 0 Å². The molecular formula is C70H86F8N12O3. The molecule has 500 valence electrons. The topological polar surface area (TPSA) is 160 Å². The van der Waals surface area contributed by atoms with Crippen LogP contribution in [0.25, 0.3) is 21.7 Å². The van der Waals surface area contributed by atoms with E-state index in [9.17, 15) is 44.7 Å². The van der Waals surface area contributed by atoms with Crippen LogP contribution in [0.15, 0.2) is 66.7 Å². The molecule has 23 heteroatoms. The first-order chi connectivity index (χ1) is 43.7. The van der Waals surface area contributed by atoms with Crippen LogP contribution in [0.2, 0.25) is 0 Å². The number of nitriles is 1. The molecule has 6 heterocycles. The second-order valence-electron chi connectivity index (χ2n) is 26.9. The van der Waals surface area contributed by atoms with E-state index in [0.717, 1.165) is 62.0 Å². The van der Waals surface area contributed by atoms with Crippen LogP contribution in [0.1, 0.15) is 274 Å². The second-order valence-corrected chi connectivity index (χ2v) is 26.9. The standard InChI is InChI=1S/C13H14.C12H17F2N3O.C12H16F2N2O.C12H14F2N2.C11H12F2N2O.C10H13N3/c1-10(2)12-9-5-7-11-6-3-4-8-13(11)12;1-7(2)17-10-6-16(8(3)18)5-9(10)11(15-17)12(4,13)14;1-5(2)16-10-8(9(15-16)12(13)14)6-4-7(6)11(10)17-3;1-8(2)16-10-7-5-4-6-9(10)11(15-16)12(3,13)14;1-4(2)15-9(11(12)13)7-5-3-6(5)10(16)8(7)14-15;1-7(2)13-10-5-3-4-8(10)9(6-11)12-13/h3-10H,1-2H3;7H,5-6H2,1-4H3;5-7,11-12H,4H2,1-3H3;4-8H,1-3H3;4-6,11H,3H2,1-2H3;7H,3-5H2,1-2H3. The van der Waals surface area contributed by atoms with Gasteiger partial charge in [-0.1, -0.05) is 74.5 Å². The van der Waals surface area contributed by atoms with E-state index in [4.69, 9.17) is 10.00 Å². The number of methoxy groups -OCH3 is 1. The third-order valence-electron chi connectivity index (χ3n) is 17.9. The van der Waals surface area contributed by atoms with E-state index in [1.807, 2.05) is 58.4 Å². The fraction of sp³-hybridized carbons (Fsp3) is 0.543. The van der Waals surface area contributed by atoms with Crippen LogP contribution >= 0.6 is 0 Å². The number of ketones is 1. The SMILES string of the molecule is CC(=O)N1Cc2c(C(C)(F)F)nn(C(C)C)c2C1.CC(C)c1cccc2ccccc12.CC(C)n1nc(C#N)c2c1CCC2.CC(C)n1nc(C(C)(F)F)c2ccccc21.CC(C)n1nc2c(c1C(F)F)C1CC1C2=O.COC1c2c(c(C(F)F)nn2C(C)C)C2CC21. The van der Waals surface area contributed by atoms with Crippen molar-refractivity contribution in [3.05, 3.63) is 146 Å². The number of nitrogens with zero attached hydrogens (tertiary/aromatic N) is 12. The Labute approximate surface area is 538 Å². The number of hydrogen-bond acceptors (Lipinski definition) is 9. The Bertz CT molecular complexity index is 4050. The van der Waals surface area contributed by atoms with E-state index in [1.54, 1.807) is 52.0 Å². The lowest BCUT2D eigenvalue weighted by Crippen LogP contribution is -2.24. The van der Waals surface area contributed by atoms with Gasteiger partial charge >= 0.3 is 0 Å². The Morgan fingerprint density at radius 2 is 1.19 bits per heavy atom. The summed E-state index contributed by atoms with van der Waals surface area (Å²) in [5.41, 5.74) is 8.63.